The van der Waals surface area contributed by atoms with Gasteiger partial charge in [0.05, 0.1) is 6.42 Å². The van der Waals surface area contributed by atoms with Crippen LogP contribution in [0.1, 0.15) is 28.8 Å². The molecule has 0 aliphatic carbocycles. The van der Waals surface area contributed by atoms with Crippen molar-refractivity contribution < 1.29 is 14.4 Å². The number of nitrogens with one attached hydrogen (secondary N) is 1. The van der Waals surface area contributed by atoms with Crippen LogP contribution in [0.4, 0.5) is 11.4 Å². The Labute approximate surface area is 164 Å². The minimum Gasteiger partial charge on any atom is -0.368 e. The van der Waals surface area contributed by atoms with Crippen molar-refractivity contribution in [3.8, 4) is 0 Å². The molecule has 0 bridgehead atoms. The zero-order valence-corrected chi connectivity index (χ0v) is 15.7. The summed E-state index contributed by atoms with van der Waals surface area (Å²) in [5.41, 5.74) is 3.36. The number of carbonyl (C=O) groups is 3. The van der Waals surface area contributed by atoms with Crippen LogP contribution in [0.2, 0.25) is 0 Å². The minimum absolute atomic E-state index is 0.0269. The second-order valence-electron chi connectivity index (χ2n) is 7.22. The van der Waals surface area contributed by atoms with Gasteiger partial charge >= 0.3 is 0 Å². The average molecular weight is 377 g/mol. The summed E-state index contributed by atoms with van der Waals surface area (Å²) in [6.07, 6.45) is 0.720. The summed E-state index contributed by atoms with van der Waals surface area (Å²) in [5, 5.41) is 2.76. The lowest BCUT2D eigenvalue weighted by molar-refractivity contribution is -0.131. The lowest BCUT2D eigenvalue weighted by Gasteiger charge is -2.36. The fourth-order valence-electron chi connectivity index (χ4n) is 3.78. The summed E-state index contributed by atoms with van der Waals surface area (Å²) in [6.45, 7) is 2.95. The monoisotopic (exact) mass is 377 g/mol. The number of fused-ring (bicyclic) bond motifs is 1. The highest BCUT2D eigenvalue weighted by atomic mass is 16.2. The van der Waals surface area contributed by atoms with E-state index < -0.39 is 0 Å². The molecule has 2 heterocycles. The molecule has 2 amide bonds. The number of hydrogen-bond donors (Lipinski definition) is 1. The molecule has 4 rings (SSSR count). The van der Waals surface area contributed by atoms with Gasteiger partial charge in [-0.2, -0.15) is 0 Å². The number of amides is 2. The van der Waals surface area contributed by atoms with Crippen LogP contribution in [0.15, 0.2) is 48.5 Å². The van der Waals surface area contributed by atoms with Crippen LogP contribution in [-0.4, -0.2) is 48.7 Å². The number of carbonyl (C=O) groups excluding carboxylic acids is 3. The summed E-state index contributed by atoms with van der Waals surface area (Å²) >= 11 is 0. The second-order valence-corrected chi connectivity index (χ2v) is 7.22. The van der Waals surface area contributed by atoms with Gasteiger partial charge in [-0.25, -0.2) is 0 Å². The highest BCUT2D eigenvalue weighted by Gasteiger charge is 2.23. The Bertz CT molecular complexity index is 902. The first kappa shape index (κ1) is 18.2. The van der Waals surface area contributed by atoms with Gasteiger partial charge in [0, 0.05) is 56.0 Å². The fourth-order valence-corrected chi connectivity index (χ4v) is 3.78. The number of nitrogens with zero attached hydrogens (tertiary/aromatic N) is 2. The molecular formula is C22H23N3O3. The van der Waals surface area contributed by atoms with Crippen LogP contribution in [0.25, 0.3) is 0 Å². The summed E-state index contributed by atoms with van der Waals surface area (Å²) in [7, 11) is 0. The van der Waals surface area contributed by atoms with E-state index in [1.54, 1.807) is 18.2 Å². The number of Topliss-reactive ketones (excluding diaryl/α,β-unsaturated/α-hetero) is 1. The van der Waals surface area contributed by atoms with E-state index in [-0.39, 0.29) is 30.4 Å². The third kappa shape index (κ3) is 3.91. The van der Waals surface area contributed by atoms with E-state index in [4.69, 9.17) is 0 Å². The van der Waals surface area contributed by atoms with Crippen molar-refractivity contribution in [1.29, 1.82) is 0 Å². The lowest BCUT2D eigenvalue weighted by atomic mass is 10.0. The first-order valence-corrected chi connectivity index (χ1v) is 9.64. The topological polar surface area (TPSA) is 69.7 Å². The van der Waals surface area contributed by atoms with Crippen LogP contribution in [0.5, 0.6) is 0 Å². The first-order chi connectivity index (χ1) is 13.6. The Morgan fingerprint density at radius 1 is 0.929 bits per heavy atom. The van der Waals surface area contributed by atoms with E-state index in [0.29, 0.717) is 25.1 Å². The molecule has 144 valence electrons. The third-order valence-corrected chi connectivity index (χ3v) is 5.37. The molecule has 0 radical (unpaired) electrons. The fraction of sp³-hybridized carbons (Fsp3) is 0.318. The third-order valence-electron chi connectivity index (χ3n) is 5.37. The maximum atomic E-state index is 12.5. The largest absolute Gasteiger partial charge is 0.368 e. The minimum atomic E-state index is -0.0570. The number of piperazine rings is 1. The zero-order chi connectivity index (χ0) is 19.5. The van der Waals surface area contributed by atoms with E-state index in [9.17, 15) is 14.4 Å². The van der Waals surface area contributed by atoms with Crippen LogP contribution >= 0.6 is 0 Å². The molecule has 6 heteroatoms. The molecule has 0 saturated carbocycles. The maximum Gasteiger partial charge on any atom is 0.228 e. The molecule has 0 unspecified atom stereocenters. The molecule has 2 aliphatic rings. The van der Waals surface area contributed by atoms with Gasteiger partial charge in [0.15, 0.2) is 5.78 Å². The predicted molar refractivity (Wildman–Crippen MR) is 108 cm³/mol. The van der Waals surface area contributed by atoms with Crippen molar-refractivity contribution in [1.82, 2.24) is 4.90 Å². The number of rotatable bonds is 5. The van der Waals surface area contributed by atoms with Crippen LogP contribution in [0.3, 0.4) is 0 Å². The van der Waals surface area contributed by atoms with Crippen molar-refractivity contribution in [2.45, 2.75) is 19.3 Å². The molecule has 1 saturated heterocycles. The molecule has 1 N–H and O–H groups in total. The van der Waals surface area contributed by atoms with E-state index >= 15 is 0 Å². The number of anilines is 2. The summed E-state index contributed by atoms with van der Waals surface area (Å²) in [5.74, 6) is -0.0816. The van der Waals surface area contributed by atoms with Gasteiger partial charge < -0.3 is 15.1 Å². The molecule has 0 aromatic heterocycles. The smallest absolute Gasteiger partial charge is 0.228 e. The van der Waals surface area contributed by atoms with Crippen molar-refractivity contribution in [2.75, 3.05) is 36.4 Å². The Morgan fingerprint density at radius 2 is 1.68 bits per heavy atom. The molecule has 0 atom stereocenters. The van der Waals surface area contributed by atoms with Gasteiger partial charge in [0.2, 0.25) is 11.8 Å². The van der Waals surface area contributed by atoms with Crippen molar-refractivity contribution >= 4 is 29.0 Å². The Kier molecular flexibility index (Phi) is 5.10. The number of benzene rings is 2. The number of ketones is 1. The van der Waals surface area contributed by atoms with Gasteiger partial charge in [-0.3, -0.25) is 14.4 Å². The van der Waals surface area contributed by atoms with Gasteiger partial charge in [0.1, 0.15) is 0 Å². The van der Waals surface area contributed by atoms with Gasteiger partial charge in [-0.1, -0.05) is 18.2 Å². The number of hydrogen-bond acceptors (Lipinski definition) is 4. The van der Waals surface area contributed by atoms with Crippen LogP contribution in [0, 0.1) is 0 Å². The summed E-state index contributed by atoms with van der Waals surface area (Å²) in [4.78, 5) is 40.5. The Hall–Kier alpha value is -3.15. The molecule has 2 aromatic carbocycles. The van der Waals surface area contributed by atoms with Gasteiger partial charge in [-0.05, 0) is 35.9 Å². The van der Waals surface area contributed by atoms with Crippen LogP contribution in [-0.2, 0) is 16.0 Å². The van der Waals surface area contributed by atoms with Gasteiger partial charge in [0.25, 0.3) is 0 Å². The Balaban J connectivity index is 1.27. The van der Waals surface area contributed by atoms with E-state index in [0.717, 1.165) is 24.3 Å². The number of para-hydroxylation sites is 1. The van der Waals surface area contributed by atoms with E-state index in [1.807, 2.05) is 23.1 Å². The second kappa shape index (κ2) is 7.84. The van der Waals surface area contributed by atoms with E-state index in [1.165, 1.54) is 5.69 Å². The predicted octanol–water partition coefficient (Wildman–Crippen LogP) is 2.49. The molecule has 1 fully saturated rings. The van der Waals surface area contributed by atoms with Crippen LogP contribution < -0.4 is 10.2 Å². The molecule has 6 nitrogen and oxygen atoms in total. The molecule has 28 heavy (non-hydrogen) atoms. The molecule has 2 aromatic rings. The lowest BCUT2D eigenvalue weighted by Crippen LogP contribution is -2.48. The SMILES string of the molecule is O=C1Cc2cc(C(=O)CCC(=O)N3CCN(c4ccccc4)CC3)ccc2N1. The quantitative estimate of drug-likeness (QED) is 0.813. The van der Waals surface area contributed by atoms with Gasteiger partial charge in [-0.15, -0.1) is 0 Å². The molecule has 0 spiro atoms. The molecular weight excluding hydrogens is 354 g/mol. The van der Waals surface area contributed by atoms with Crippen molar-refractivity contribution in [3.63, 3.8) is 0 Å². The maximum absolute atomic E-state index is 12.5. The highest BCUT2D eigenvalue weighted by Crippen LogP contribution is 2.24. The first-order valence-electron chi connectivity index (χ1n) is 9.64. The summed E-state index contributed by atoms with van der Waals surface area (Å²) < 4.78 is 0. The van der Waals surface area contributed by atoms with E-state index in [2.05, 4.69) is 22.3 Å². The molecule has 2 aliphatic heterocycles. The normalized spacial score (nSPS) is 15.9. The standard InChI is InChI=1S/C22H23N3O3/c26-20(16-6-7-19-17(14-16)15-21(27)23-19)8-9-22(28)25-12-10-24(11-13-25)18-4-2-1-3-5-18/h1-7,14H,8-13,15H2,(H,23,27). The highest BCUT2D eigenvalue weighted by molar-refractivity contribution is 6.02. The summed E-state index contributed by atoms with van der Waals surface area (Å²) in [6, 6.07) is 15.4. The zero-order valence-electron chi connectivity index (χ0n) is 15.7. The van der Waals surface area contributed by atoms with Crippen molar-refractivity contribution in [2.24, 2.45) is 0 Å². The average Bonchev–Trinajstić information content (AvgIpc) is 3.11. The Morgan fingerprint density at radius 3 is 2.43 bits per heavy atom. The van der Waals surface area contributed by atoms with Crippen molar-refractivity contribution in [3.05, 3.63) is 59.7 Å².